The van der Waals surface area contributed by atoms with E-state index in [9.17, 15) is 9.59 Å². The third-order valence-electron chi connectivity index (χ3n) is 4.21. The van der Waals surface area contributed by atoms with Gasteiger partial charge in [-0.15, -0.1) is 11.8 Å². The smallest absolute Gasteiger partial charge is 0.242 e. The molecule has 0 saturated carbocycles. The van der Waals surface area contributed by atoms with Gasteiger partial charge >= 0.3 is 0 Å². The Balaban J connectivity index is 2.14. The van der Waals surface area contributed by atoms with Gasteiger partial charge in [0, 0.05) is 22.5 Å². The van der Waals surface area contributed by atoms with E-state index in [1.165, 1.54) is 11.8 Å². The van der Waals surface area contributed by atoms with Crippen LogP contribution in [0.15, 0.2) is 53.4 Å². The van der Waals surface area contributed by atoms with E-state index in [-0.39, 0.29) is 23.6 Å². The lowest BCUT2D eigenvalue weighted by molar-refractivity contribution is -0.138. The van der Waals surface area contributed by atoms with Crippen molar-refractivity contribution in [2.45, 2.75) is 51.2 Å². The average Bonchev–Trinajstić information content (AvgIpc) is 2.64. The number of carbonyl (C=O) groups is 2. The molecule has 28 heavy (non-hydrogen) atoms. The number of halogens is 1. The van der Waals surface area contributed by atoms with Crippen LogP contribution in [0.3, 0.4) is 0 Å². The Morgan fingerprint density at radius 2 is 1.79 bits per heavy atom. The third-order valence-corrected chi connectivity index (χ3v) is 5.46. The number of hydrogen-bond donors (Lipinski definition) is 1. The monoisotopic (exact) mass is 418 g/mol. The van der Waals surface area contributed by atoms with Gasteiger partial charge in [0.15, 0.2) is 0 Å². The third kappa shape index (κ3) is 6.88. The summed E-state index contributed by atoms with van der Waals surface area (Å²) in [6.07, 6.45) is 0. The molecule has 0 aliphatic carbocycles. The van der Waals surface area contributed by atoms with E-state index in [2.05, 4.69) is 5.32 Å². The maximum absolute atomic E-state index is 13.0. The number of rotatable bonds is 8. The first-order valence-electron chi connectivity index (χ1n) is 9.30. The average molecular weight is 419 g/mol. The summed E-state index contributed by atoms with van der Waals surface area (Å²) in [5, 5.41) is 3.56. The first kappa shape index (κ1) is 22.3. The molecule has 2 aromatic rings. The van der Waals surface area contributed by atoms with Gasteiger partial charge in [0.05, 0.1) is 5.75 Å². The summed E-state index contributed by atoms with van der Waals surface area (Å²) in [4.78, 5) is 28.2. The molecule has 0 aliphatic rings. The Labute approximate surface area is 176 Å². The molecule has 0 bridgehead atoms. The molecule has 150 valence electrons. The molecule has 1 unspecified atom stereocenters. The van der Waals surface area contributed by atoms with Crippen molar-refractivity contribution in [2.24, 2.45) is 0 Å². The van der Waals surface area contributed by atoms with Gasteiger partial charge in [0.2, 0.25) is 11.8 Å². The van der Waals surface area contributed by atoms with Crippen LogP contribution in [0.2, 0.25) is 5.02 Å². The van der Waals surface area contributed by atoms with Crippen molar-refractivity contribution in [3.05, 3.63) is 64.7 Å². The second-order valence-corrected chi connectivity index (χ2v) is 8.58. The fourth-order valence-electron chi connectivity index (χ4n) is 2.75. The van der Waals surface area contributed by atoms with E-state index in [0.29, 0.717) is 11.6 Å². The Bertz CT molecular complexity index is 808. The molecule has 2 aromatic carbocycles. The number of aryl methyl sites for hydroxylation is 1. The van der Waals surface area contributed by atoms with E-state index >= 15 is 0 Å². The fraction of sp³-hybridized carbons (Fsp3) is 0.364. The largest absolute Gasteiger partial charge is 0.352 e. The summed E-state index contributed by atoms with van der Waals surface area (Å²) in [6.45, 7) is 8.01. The molecule has 1 N–H and O–H groups in total. The zero-order valence-corrected chi connectivity index (χ0v) is 18.3. The minimum Gasteiger partial charge on any atom is -0.352 e. The van der Waals surface area contributed by atoms with Crippen LogP contribution in [-0.2, 0) is 16.1 Å². The molecule has 4 nitrogen and oxygen atoms in total. The van der Waals surface area contributed by atoms with Crippen molar-refractivity contribution in [1.82, 2.24) is 10.2 Å². The first-order valence-corrected chi connectivity index (χ1v) is 10.7. The number of nitrogens with zero attached hydrogens (tertiary/aromatic N) is 1. The van der Waals surface area contributed by atoms with Gasteiger partial charge in [-0.25, -0.2) is 0 Å². The molecular weight excluding hydrogens is 392 g/mol. The highest BCUT2D eigenvalue weighted by Gasteiger charge is 2.26. The Kier molecular flexibility index (Phi) is 8.39. The van der Waals surface area contributed by atoms with Crippen molar-refractivity contribution >= 4 is 35.2 Å². The van der Waals surface area contributed by atoms with Crippen LogP contribution < -0.4 is 5.32 Å². The van der Waals surface area contributed by atoms with Gasteiger partial charge in [-0.2, -0.15) is 0 Å². The van der Waals surface area contributed by atoms with Crippen molar-refractivity contribution in [3.63, 3.8) is 0 Å². The summed E-state index contributed by atoms with van der Waals surface area (Å²) in [5.74, 6) is 0.0348. The number of carbonyl (C=O) groups excluding carboxylic acids is 2. The maximum Gasteiger partial charge on any atom is 0.242 e. The van der Waals surface area contributed by atoms with Gasteiger partial charge < -0.3 is 10.2 Å². The molecule has 2 amide bonds. The van der Waals surface area contributed by atoms with Crippen molar-refractivity contribution in [1.29, 1.82) is 0 Å². The molecular formula is C22H27ClN2O2S. The lowest BCUT2D eigenvalue weighted by Crippen LogP contribution is -2.49. The van der Waals surface area contributed by atoms with Gasteiger partial charge in [0.1, 0.15) is 6.04 Å². The van der Waals surface area contributed by atoms with E-state index in [1.807, 2.05) is 57.2 Å². The standard InChI is InChI=1S/C22H27ClN2O2S/c1-15(2)24-22(27)17(4)25(13-18-7-5-6-16(3)12-18)21(26)14-28-20-10-8-19(23)9-11-20/h5-12,15,17H,13-14H2,1-4H3,(H,24,27). The van der Waals surface area contributed by atoms with E-state index in [1.54, 1.807) is 24.0 Å². The second-order valence-electron chi connectivity index (χ2n) is 7.09. The van der Waals surface area contributed by atoms with Gasteiger partial charge in [0.25, 0.3) is 0 Å². The Morgan fingerprint density at radius 3 is 2.39 bits per heavy atom. The van der Waals surface area contributed by atoms with Crippen molar-refractivity contribution < 1.29 is 9.59 Å². The van der Waals surface area contributed by atoms with Crippen LogP contribution in [0.1, 0.15) is 31.9 Å². The van der Waals surface area contributed by atoms with E-state index < -0.39 is 6.04 Å². The lowest BCUT2D eigenvalue weighted by Gasteiger charge is -2.29. The minimum absolute atomic E-state index is 0.0225. The highest BCUT2D eigenvalue weighted by atomic mass is 35.5. The van der Waals surface area contributed by atoms with Crippen molar-refractivity contribution in [3.8, 4) is 0 Å². The lowest BCUT2D eigenvalue weighted by atomic mass is 10.1. The number of benzene rings is 2. The SMILES string of the molecule is Cc1cccc(CN(C(=O)CSc2ccc(Cl)cc2)C(C)C(=O)NC(C)C)c1. The molecule has 0 saturated heterocycles. The summed E-state index contributed by atoms with van der Waals surface area (Å²) < 4.78 is 0. The molecule has 1 atom stereocenters. The van der Waals surface area contributed by atoms with Crippen LogP contribution in [-0.4, -0.2) is 34.6 Å². The van der Waals surface area contributed by atoms with Gasteiger partial charge in [-0.05, 0) is 57.5 Å². The van der Waals surface area contributed by atoms with Crippen molar-refractivity contribution in [2.75, 3.05) is 5.75 Å². The topological polar surface area (TPSA) is 49.4 Å². The van der Waals surface area contributed by atoms with Crippen LogP contribution >= 0.6 is 23.4 Å². The number of nitrogens with one attached hydrogen (secondary N) is 1. The predicted octanol–water partition coefficient (Wildman–Crippen LogP) is 4.68. The molecule has 6 heteroatoms. The second kappa shape index (κ2) is 10.5. The minimum atomic E-state index is -0.554. The first-order chi connectivity index (χ1) is 13.3. The zero-order valence-electron chi connectivity index (χ0n) is 16.7. The zero-order chi connectivity index (χ0) is 20.7. The van der Waals surface area contributed by atoms with Crippen LogP contribution in [0, 0.1) is 6.92 Å². The summed E-state index contributed by atoms with van der Waals surface area (Å²) in [6, 6.07) is 14.9. The predicted molar refractivity (Wildman–Crippen MR) is 117 cm³/mol. The molecule has 2 rings (SSSR count). The molecule has 0 radical (unpaired) electrons. The number of thioether (sulfide) groups is 1. The molecule has 0 aliphatic heterocycles. The van der Waals surface area contributed by atoms with Gasteiger partial charge in [-0.1, -0.05) is 41.4 Å². The number of amides is 2. The van der Waals surface area contributed by atoms with E-state index in [4.69, 9.17) is 11.6 Å². The normalized spacial score (nSPS) is 11.9. The van der Waals surface area contributed by atoms with Crippen LogP contribution in [0.5, 0.6) is 0 Å². The molecule has 0 spiro atoms. The Morgan fingerprint density at radius 1 is 1.11 bits per heavy atom. The van der Waals surface area contributed by atoms with Crippen LogP contribution in [0.4, 0.5) is 0 Å². The fourth-order valence-corrected chi connectivity index (χ4v) is 3.66. The van der Waals surface area contributed by atoms with Crippen LogP contribution in [0.25, 0.3) is 0 Å². The molecule has 0 aromatic heterocycles. The highest BCUT2D eigenvalue weighted by Crippen LogP contribution is 2.22. The summed E-state index contributed by atoms with van der Waals surface area (Å²) in [7, 11) is 0. The molecule has 0 heterocycles. The maximum atomic E-state index is 13.0. The summed E-state index contributed by atoms with van der Waals surface area (Å²) in [5.41, 5.74) is 2.13. The highest BCUT2D eigenvalue weighted by molar-refractivity contribution is 8.00. The quantitative estimate of drug-likeness (QED) is 0.633. The van der Waals surface area contributed by atoms with Gasteiger partial charge in [-0.3, -0.25) is 9.59 Å². The number of hydrogen-bond acceptors (Lipinski definition) is 3. The summed E-state index contributed by atoms with van der Waals surface area (Å²) >= 11 is 7.36. The Hall–Kier alpha value is -1.98. The molecule has 0 fully saturated rings. The van der Waals surface area contributed by atoms with E-state index in [0.717, 1.165) is 16.0 Å².